The van der Waals surface area contributed by atoms with Crippen molar-refractivity contribution in [2.24, 2.45) is 11.8 Å². The lowest BCUT2D eigenvalue weighted by Crippen LogP contribution is -2.21. The van der Waals surface area contributed by atoms with Crippen molar-refractivity contribution < 1.29 is 4.74 Å². The summed E-state index contributed by atoms with van der Waals surface area (Å²) < 4.78 is 5.79. The highest BCUT2D eigenvalue weighted by atomic mass is 16.5. The minimum Gasteiger partial charge on any atom is -0.383 e. The molecule has 1 aromatic carbocycles. The van der Waals surface area contributed by atoms with Crippen LogP contribution in [-0.4, -0.2) is 19.8 Å². The highest BCUT2D eigenvalue weighted by Crippen LogP contribution is 2.24. The third kappa shape index (κ3) is 4.71. The Labute approximate surface area is 116 Å². The van der Waals surface area contributed by atoms with Gasteiger partial charge in [-0.25, -0.2) is 0 Å². The largest absolute Gasteiger partial charge is 0.383 e. The van der Waals surface area contributed by atoms with Crippen molar-refractivity contribution in [1.82, 2.24) is 0 Å². The van der Waals surface area contributed by atoms with Gasteiger partial charge in [0.2, 0.25) is 0 Å². The Kier molecular flexibility index (Phi) is 5.46. The molecule has 0 saturated heterocycles. The fourth-order valence-corrected chi connectivity index (χ4v) is 2.41. The monoisotopic (exact) mass is 259 g/mol. The second kappa shape index (κ2) is 7.34. The van der Waals surface area contributed by atoms with Gasteiger partial charge in [0.15, 0.2) is 0 Å². The van der Waals surface area contributed by atoms with Crippen molar-refractivity contribution in [2.45, 2.75) is 26.7 Å². The van der Waals surface area contributed by atoms with E-state index >= 15 is 0 Å². The van der Waals surface area contributed by atoms with Gasteiger partial charge in [0, 0.05) is 12.2 Å². The zero-order valence-corrected chi connectivity index (χ0v) is 12.1. The van der Waals surface area contributed by atoms with E-state index in [0.29, 0.717) is 5.92 Å². The Bertz CT molecular complexity index is 396. The van der Waals surface area contributed by atoms with E-state index in [1.165, 1.54) is 24.1 Å². The molecule has 2 unspecified atom stereocenters. The number of nitrogens with one attached hydrogen (secondary N) is 1. The van der Waals surface area contributed by atoms with Crippen molar-refractivity contribution in [3.05, 3.63) is 42.0 Å². The molecule has 2 rings (SSSR count). The topological polar surface area (TPSA) is 21.3 Å². The maximum absolute atomic E-state index is 5.79. The summed E-state index contributed by atoms with van der Waals surface area (Å²) in [5.74, 6) is 1.46. The number of aryl methyl sites for hydroxylation is 1. The van der Waals surface area contributed by atoms with Crippen LogP contribution in [0.5, 0.6) is 0 Å². The lowest BCUT2D eigenvalue weighted by molar-refractivity contribution is 0.0860. The van der Waals surface area contributed by atoms with Crippen molar-refractivity contribution in [3.63, 3.8) is 0 Å². The van der Waals surface area contributed by atoms with Gasteiger partial charge in [0.25, 0.3) is 0 Å². The van der Waals surface area contributed by atoms with Crippen LogP contribution in [0.15, 0.2) is 36.4 Å². The zero-order valence-electron chi connectivity index (χ0n) is 12.1. The Balaban J connectivity index is 1.59. The number of anilines is 1. The summed E-state index contributed by atoms with van der Waals surface area (Å²) in [6, 6.07) is 8.48. The van der Waals surface area contributed by atoms with Gasteiger partial charge in [0.1, 0.15) is 0 Å². The number of rotatable bonds is 6. The van der Waals surface area contributed by atoms with Gasteiger partial charge in [-0.3, -0.25) is 0 Å². The number of benzene rings is 1. The first-order chi connectivity index (χ1) is 9.25. The van der Waals surface area contributed by atoms with E-state index in [1.54, 1.807) is 0 Å². The number of hydrogen-bond acceptors (Lipinski definition) is 2. The molecule has 0 aromatic heterocycles. The Hall–Kier alpha value is -1.28. The molecule has 2 nitrogen and oxygen atoms in total. The van der Waals surface area contributed by atoms with E-state index in [9.17, 15) is 0 Å². The summed E-state index contributed by atoms with van der Waals surface area (Å²) in [7, 11) is 0. The van der Waals surface area contributed by atoms with Gasteiger partial charge in [-0.2, -0.15) is 0 Å². The summed E-state index contributed by atoms with van der Waals surface area (Å²) in [5.41, 5.74) is 2.46. The standard InChI is InChI=1S/C17H25NO/c1-14-7-9-17(10-8-14)18-11-12-19-13-16-6-4-3-5-15(16)2/h3-4,7-10,15-16,18H,5-6,11-13H2,1-2H3. The molecule has 0 amide bonds. The summed E-state index contributed by atoms with van der Waals surface area (Å²) in [6.45, 7) is 6.97. The first-order valence-electron chi connectivity index (χ1n) is 7.29. The van der Waals surface area contributed by atoms with Gasteiger partial charge >= 0.3 is 0 Å². The Morgan fingerprint density at radius 3 is 2.63 bits per heavy atom. The van der Waals surface area contributed by atoms with Crippen molar-refractivity contribution in [3.8, 4) is 0 Å². The second-order valence-electron chi connectivity index (χ2n) is 5.55. The Morgan fingerprint density at radius 2 is 1.89 bits per heavy atom. The molecule has 0 bridgehead atoms. The molecule has 2 heteroatoms. The molecular weight excluding hydrogens is 234 g/mol. The van der Waals surface area contributed by atoms with Crippen LogP contribution in [0, 0.1) is 18.8 Å². The van der Waals surface area contributed by atoms with Crippen molar-refractivity contribution in [1.29, 1.82) is 0 Å². The molecule has 1 N–H and O–H groups in total. The van der Waals surface area contributed by atoms with Gasteiger partial charge < -0.3 is 10.1 Å². The summed E-state index contributed by atoms with van der Waals surface area (Å²) in [6.07, 6.45) is 6.96. The van der Waals surface area contributed by atoms with Crippen LogP contribution in [0.2, 0.25) is 0 Å². The quantitative estimate of drug-likeness (QED) is 0.615. The van der Waals surface area contributed by atoms with Crippen LogP contribution in [0.25, 0.3) is 0 Å². The van der Waals surface area contributed by atoms with Gasteiger partial charge in [-0.1, -0.05) is 36.8 Å². The van der Waals surface area contributed by atoms with Crippen LogP contribution >= 0.6 is 0 Å². The highest BCUT2D eigenvalue weighted by molar-refractivity contribution is 5.44. The molecule has 1 aromatic rings. The molecule has 1 aliphatic rings. The van der Waals surface area contributed by atoms with Crippen LogP contribution in [0.1, 0.15) is 25.3 Å². The lowest BCUT2D eigenvalue weighted by Gasteiger charge is -2.24. The third-order valence-corrected chi connectivity index (χ3v) is 3.88. The molecule has 19 heavy (non-hydrogen) atoms. The van der Waals surface area contributed by atoms with E-state index in [4.69, 9.17) is 4.74 Å². The highest BCUT2D eigenvalue weighted by Gasteiger charge is 2.17. The van der Waals surface area contributed by atoms with Gasteiger partial charge in [-0.15, -0.1) is 0 Å². The fraction of sp³-hybridized carbons (Fsp3) is 0.529. The molecule has 0 aliphatic heterocycles. The number of hydrogen-bond donors (Lipinski definition) is 1. The van der Waals surface area contributed by atoms with Crippen LogP contribution in [-0.2, 0) is 4.74 Å². The van der Waals surface area contributed by atoms with E-state index in [1.807, 2.05) is 0 Å². The van der Waals surface area contributed by atoms with E-state index < -0.39 is 0 Å². The minimum atomic E-state index is 0.698. The SMILES string of the molecule is Cc1ccc(NCCOCC2CC=CCC2C)cc1. The average molecular weight is 259 g/mol. The van der Waals surface area contributed by atoms with Gasteiger partial charge in [-0.05, 0) is 43.7 Å². The molecule has 0 radical (unpaired) electrons. The van der Waals surface area contributed by atoms with Crippen molar-refractivity contribution in [2.75, 3.05) is 25.1 Å². The van der Waals surface area contributed by atoms with Crippen molar-refractivity contribution >= 4 is 5.69 Å². The average Bonchev–Trinajstić information content (AvgIpc) is 2.42. The Morgan fingerprint density at radius 1 is 1.16 bits per heavy atom. The van der Waals surface area contributed by atoms with Crippen LogP contribution < -0.4 is 5.32 Å². The molecule has 1 aliphatic carbocycles. The van der Waals surface area contributed by atoms with E-state index in [0.717, 1.165) is 25.7 Å². The predicted molar refractivity (Wildman–Crippen MR) is 81.5 cm³/mol. The maximum Gasteiger partial charge on any atom is 0.0639 e. The minimum absolute atomic E-state index is 0.698. The van der Waals surface area contributed by atoms with E-state index in [-0.39, 0.29) is 0 Å². The molecule has 104 valence electrons. The predicted octanol–water partition coefficient (Wildman–Crippen LogP) is 4.03. The van der Waals surface area contributed by atoms with Crippen LogP contribution in [0.3, 0.4) is 0 Å². The third-order valence-electron chi connectivity index (χ3n) is 3.88. The normalized spacial score (nSPS) is 22.4. The molecule has 0 saturated carbocycles. The van der Waals surface area contributed by atoms with E-state index in [2.05, 4.69) is 55.6 Å². The molecular formula is C17H25NO. The lowest BCUT2D eigenvalue weighted by atomic mass is 9.85. The second-order valence-corrected chi connectivity index (χ2v) is 5.55. The first kappa shape index (κ1) is 14.1. The van der Waals surface area contributed by atoms with Gasteiger partial charge in [0.05, 0.1) is 13.2 Å². The smallest absolute Gasteiger partial charge is 0.0639 e. The zero-order chi connectivity index (χ0) is 13.5. The molecule has 0 heterocycles. The summed E-state index contributed by atoms with van der Waals surface area (Å²) in [4.78, 5) is 0. The molecule has 0 fully saturated rings. The molecule has 2 atom stereocenters. The van der Waals surface area contributed by atoms with Crippen LogP contribution in [0.4, 0.5) is 5.69 Å². The number of allylic oxidation sites excluding steroid dienone is 2. The first-order valence-corrected chi connectivity index (χ1v) is 7.29. The summed E-state index contributed by atoms with van der Waals surface area (Å²) in [5, 5.41) is 3.38. The molecule has 0 spiro atoms. The summed E-state index contributed by atoms with van der Waals surface area (Å²) >= 11 is 0. The number of ether oxygens (including phenoxy) is 1. The maximum atomic E-state index is 5.79. The fourth-order valence-electron chi connectivity index (χ4n) is 2.41.